The van der Waals surface area contributed by atoms with E-state index in [1.807, 2.05) is 54.6 Å². The van der Waals surface area contributed by atoms with E-state index in [2.05, 4.69) is 25.8 Å². The number of amides is 1. The predicted octanol–water partition coefficient (Wildman–Crippen LogP) is 3.52. The molecule has 0 saturated carbocycles. The monoisotopic (exact) mass is 393 g/mol. The number of carbonyl (C=O) groups is 1. The van der Waals surface area contributed by atoms with Gasteiger partial charge < -0.3 is 5.32 Å². The quantitative estimate of drug-likeness (QED) is 0.502. The van der Waals surface area contributed by atoms with Crippen LogP contribution < -0.4 is 5.32 Å². The fraction of sp³-hybridized carbons (Fsp3) is 0. The molecule has 5 aromatic rings. The molecule has 3 heterocycles. The average Bonchev–Trinajstić information content (AvgIpc) is 3.34. The first-order chi connectivity index (χ1) is 14.8. The van der Waals surface area contributed by atoms with Gasteiger partial charge in [0, 0.05) is 29.0 Å². The summed E-state index contributed by atoms with van der Waals surface area (Å²) < 4.78 is 1.53. The van der Waals surface area contributed by atoms with Gasteiger partial charge in [-0.05, 0) is 52.9 Å². The first-order valence-corrected chi connectivity index (χ1v) is 9.23. The minimum atomic E-state index is -0.224. The van der Waals surface area contributed by atoms with E-state index in [-0.39, 0.29) is 5.91 Å². The molecule has 5 rings (SSSR count). The molecule has 0 unspecified atom stereocenters. The Kier molecular flexibility index (Phi) is 4.41. The Bertz CT molecular complexity index is 1330. The molecular weight excluding hydrogens is 378 g/mol. The summed E-state index contributed by atoms with van der Waals surface area (Å²) in [6, 6.07) is 20.4. The number of fused-ring (bicyclic) bond motifs is 1. The van der Waals surface area contributed by atoms with Crippen LogP contribution in [-0.2, 0) is 0 Å². The first kappa shape index (κ1) is 17.6. The fourth-order valence-electron chi connectivity index (χ4n) is 3.24. The molecule has 3 aromatic heterocycles. The maximum atomic E-state index is 13.2. The summed E-state index contributed by atoms with van der Waals surface area (Å²) in [6.45, 7) is 0. The molecule has 0 spiro atoms. The van der Waals surface area contributed by atoms with Gasteiger partial charge in [0.1, 0.15) is 6.33 Å². The zero-order valence-electron chi connectivity index (χ0n) is 15.7. The molecule has 144 valence electrons. The van der Waals surface area contributed by atoms with Crippen LogP contribution in [-0.4, -0.2) is 36.1 Å². The lowest BCUT2D eigenvalue weighted by atomic mass is 10.0. The van der Waals surface area contributed by atoms with E-state index in [1.54, 1.807) is 24.5 Å². The Labute approximate surface area is 171 Å². The third kappa shape index (κ3) is 3.37. The van der Waals surface area contributed by atoms with Gasteiger partial charge in [0.05, 0.1) is 22.5 Å². The lowest BCUT2D eigenvalue weighted by molar-refractivity contribution is 0.102. The lowest BCUT2D eigenvalue weighted by Gasteiger charge is -2.11. The fourth-order valence-corrected chi connectivity index (χ4v) is 3.24. The number of anilines is 1. The number of aromatic nitrogens is 6. The highest BCUT2D eigenvalue weighted by Crippen LogP contribution is 2.25. The molecule has 0 aliphatic heterocycles. The van der Waals surface area contributed by atoms with Gasteiger partial charge in [-0.25, -0.2) is 9.67 Å². The Balaban J connectivity index is 1.54. The molecule has 0 radical (unpaired) electrons. The Morgan fingerprint density at radius 1 is 0.933 bits per heavy atom. The summed E-state index contributed by atoms with van der Waals surface area (Å²) in [5.74, 6) is -0.224. The number of hydrogen-bond acceptors (Lipinski definition) is 6. The lowest BCUT2D eigenvalue weighted by Crippen LogP contribution is -2.13. The van der Waals surface area contributed by atoms with Gasteiger partial charge in [0.25, 0.3) is 5.91 Å². The highest BCUT2D eigenvalue weighted by Gasteiger charge is 2.14. The summed E-state index contributed by atoms with van der Waals surface area (Å²) in [7, 11) is 0. The Morgan fingerprint density at radius 3 is 2.63 bits per heavy atom. The highest BCUT2D eigenvalue weighted by molar-refractivity contribution is 6.13. The maximum Gasteiger partial charge on any atom is 0.256 e. The number of nitrogens with zero attached hydrogens (tertiary/aromatic N) is 6. The molecule has 8 heteroatoms. The number of carbonyl (C=O) groups excluding carboxylic acids is 1. The van der Waals surface area contributed by atoms with Gasteiger partial charge in [-0.1, -0.05) is 24.3 Å². The zero-order chi connectivity index (χ0) is 20.3. The smallest absolute Gasteiger partial charge is 0.256 e. The second kappa shape index (κ2) is 7.51. The van der Waals surface area contributed by atoms with Crippen LogP contribution in [0.5, 0.6) is 0 Å². The standard InChI is InChI=1S/C22H15N7O/c30-22(25-16-4-3-5-17(12-16)29-14-24-27-28-29)19-13-21(15-8-10-23-11-9-15)26-20-7-2-1-6-18(19)20/h1-14H,(H,25,30). The summed E-state index contributed by atoms with van der Waals surface area (Å²) in [5.41, 5.74) is 4.28. The van der Waals surface area contributed by atoms with Gasteiger partial charge in [-0.3, -0.25) is 9.78 Å². The molecular formula is C22H15N7O. The SMILES string of the molecule is O=C(Nc1cccc(-n2cnnn2)c1)c1cc(-c2ccncc2)nc2ccccc12. The third-order valence-electron chi connectivity index (χ3n) is 4.65. The molecule has 1 amide bonds. The molecule has 0 aliphatic carbocycles. The van der Waals surface area contributed by atoms with Crippen molar-refractivity contribution in [3.63, 3.8) is 0 Å². The van der Waals surface area contributed by atoms with Crippen molar-refractivity contribution in [2.24, 2.45) is 0 Å². The highest BCUT2D eigenvalue weighted by atomic mass is 16.1. The molecule has 0 aliphatic rings. The van der Waals surface area contributed by atoms with Crippen LogP contribution in [0, 0.1) is 0 Å². The normalized spacial score (nSPS) is 10.8. The van der Waals surface area contributed by atoms with Crippen molar-refractivity contribution in [1.29, 1.82) is 0 Å². The van der Waals surface area contributed by atoms with Crippen LogP contribution >= 0.6 is 0 Å². The first-order valence-electron chi connectivity index (χ1n) is 9.23. The molecule has 1 N–H and O–H groups in total. The number of rotatable bonds is 4. The van der Waals surface area contributed by atoms with E-state index in [0.29, 0.717) is 16.9 Å². The van der Waals surface area contributed by atoms with Gasteiger partial charge in [0.15, 0.2) is 0 Å². The average molecular weight is 393 g/mol. The molecule has 0 atom stereocenters. The second-order valence-electron chi connectivity index (χ2n) is 6.57. The van der Waals surface area contributed by atoms with Crippen LogP contribution in [0.3, 0.4) is 0 Å². The molecule has 0 saturated heterocycles. The van der Waals surface area contributed by atoms with Crippen molar-refractivity contribution in [3.8, 4) is 16.9 Å². The van der Waals surface area contributed by atoms with Crippen LogP contribution in [0.15, 0.2) is 85.5 Å². The van der Waals surface area contributed by atoms with Crippen molar-refractivity contribution in [3.05, 3.63) is 91.0 Å². The van der Waals surface area contributed by atoms with Crippen molar-refractivity contribution in [2.75, 3.05) is 5.32 Å². The van der Waals surface area contributed by atoms with E-state index >= 15 is 0 Å². The predicted molar refractivity (Wildman–Crippen MR) is 112 cm³/mol. The van der Waals surface area contributed by atoms with Crippen molar-refractivity contribution in [2.45, 2.75) is 0 Å². The third-order valence-corrected chi connectivity index (χ3v) is 4.65. The maximum absolute atomic E-state index is 13.2. The number of nitrogens with one attached hydrogen (secondary N) is 1. The zero-order valence-corrected chi connectivity index (χ0v) is 15.7. The number of benzene rings is 2. The van der Waals surface area contributed by atoms with Crippen LogP contribution in [0.2, 0.25) is 0 Å². The molecule has 8 nitrogen and oxygen atoms in total. The van der Waals surface area contributed by atoms with Gasteiger partial charge >= 0.3 is 0 Å². The van der Waals surface area contributed by atoms with E-state index < -0.39 is 0 Å². The molecule has 0 bridgehead atoms. The minimum Gasteiger partial charge on any atom is -0.322 e. The van der Waals surface area contributed by atoms with E-state index in [4.69, 9.17) is 4.98 Å². The van der Waals surface area contributed by atoms with Crippen LogP contribution in [0.1, 0.15) is 10.4 Å². The summed E-state index contributed by atoms with van der Waals surface area (Å²) in [5, 5.41) is 14.9. The van der Waals surface area contributed by atoms with Crippen molar-refractivity contribution in [1.82, 2.24) is 30.2 Å². The Morgan fingerprint density at radius 2 is 1.80 bits per heavy atom. The topological polar surface area (TPSA) is 98.5 Å². The number of para-hydroxylation sites is 1. The van der Waals surface area contributed by atoms with Gasteiger partial charge in [0.2, 0.25) is 0 Å². The Hall–Kier alpha value is -4.46. The van der Waals surface area contributed by atoms with E-state index in [0.717, 1.165) is 22.2 Å². The molecule has 30 heavy (non-hydrogen) atoms. The van der Waals surface area contributed by atoms with Gasteiger partial charge in [-0.2, -0.15) is 0 Å². The number of pyridine rings is 2. The number of tetrazole rings is 1. The summed E-state index contributed by atoms with van der Waals surface area (Å²) in [4.78, 5) is 22.0. The largest absolute Gasteiger partial charge is 0.322 e. The van der Waals surface area contributed by atoms with Crippen molar-refractivity contribution >= 4 is 22.5 Å². The van der Waals surface area contributed by atoms with E-state index in [9.17, 15) is 4.79 Å². The van der Waals surface area contributed by atoms with E-state index in [1.165, 1.54) is 11.0 Å². The summed E-state index contributed by atoms with van der Waals surface area (Å²) >= 11 is 0. The van der Waals surface area contributed by atoms with Crippen LogP contribution in [0.25, 0.3) is 27.8 Å². The number of hydrogen-bond donors (Lipinski definition) is 1. The molecule has 0 fully saturated rings. The van der Waals surface area contributed by atoms with Crippen LogP contribution in [0.4, 0.5) is 5.69 Å². The molecule has 2 aromatic carbocycles. The minimum absolute atomic E-state index is 0.224. The second-order valence-corrected chi connectivity index (χ2v) is 6.57. The van der Waals surface area contributed by atoms with Crippen molar-refractivity contribution < 1.29 is 4.79 Å². The van der Waals surface area contributed by atoms with Gasteiger partial charge in [-0.15, -0.1) is 5.10 Å². The summed E-state index contributed by atoms with van der Waals surface area (Å²) in [6.07, 6.45) is 4.91.